The third-order valence-electron chi connectivity index (χ3n) is 1.55. The smallest absolute Gasteiger partial charge is 0.242 e. The molecule has 0 N–H and O–H groups in total. The summed E-state index contributed by atoms with van der Waals surface area (Å²) < 4.78 is 12.0. The number of hydrogen-bond donors (Lipinski definition) is 0. The first-order valence-corrected chi connectivity index (χ1v) is 8.65. The van der Waals surface area contributed by atoms with Gasteiger partial charge in [0.25, 0.3) is 0 Å². The molecule has 0 unspecified atom stereocenters. The monoisotopic (exact) mass is 274 g/mol. The second kappa shape index (κ2) is 4.36. The molecule has 4 heteroatoms. The van der Waals surface area contributed by atoms with Gasteiger partial charge in [-0.2, -0.15) is 0 Å². The topological polar surface area (TPSA) is 18.5 Å². The third-order valence-corrected chi connectivity index (χ3v) is 3.04. The first-order valence-electron chi connectivity index (χ1n) is 4.45. The first kappa shape index (κ1) is 11.6. The minimum atomic E-state index is -1.55. The van der Waals surface area contributed by atoms with Crippen LogP contribution in [0.4, 0.5) is 0 Å². The van der Waals surface area contributed by atoms with Crippen molar-refractivity contribution in [1.29, 1.82) is 0 Å². The van der Waals surface area contributed by atoms with Gasteiger partial charge in [0.15, 0.2) is 0 Å². The molecule has 1 aromatic rings. The number of hydrogen-bond acceptors (Lipinski definition) is 2. The summed E-state index contributed by atoms with van der Waals surface area (Å²) in [6.45, 7) is 6.46. The van der Waals surface area contributed by atoms with Crippen LogP contribution in [0.2, 0.25) is 19.6 Å². The molecule has 0 aliphatic rings. The number of halogens is 1. The Morgan fingerprint density at radius 1 is 1.21 bits per heavy atom. The van der Waals surface area contributed by atoms with Gasteiger partial charge in [-0.25, -0.2) is 0 Å². The molecule has 1 aromatic carbocycles. The Morgan fingerprint density at radius 3 is 2.36 bits per heavy atom. The zero-order valence-electron chi connectivity index (χ0n) is 8.93. The molecule has 14 heavy (non-hydrogen) atoms. The maximum atomic E-state index is 5.89. The van der Waals surface area contributed by atoms with Crippen molar-refractivity contribution in [3.63, 3.8) is 0 Å². The molecule has 0 spiro atoms. The van der Waals surface area contributed by atoms with Crippen molar-refractivity contribution in [2.24, 2.45) is 0 Å². The average molecular weight is 275 g/mol. The van der Waals surface area contributed by atoms with E-state index >= 15 is 0 Å². The molecule has 0 bridgehead atoms. The molecule has 0 heterocycles. The molecule has 78 valence electrons. The Hall–Kier alpha value is -0.483. The minimum absolute atomic E-state index is 0.821. The summed E-state index contributed by atoms with van der Waals surface area (Å²) in [5.74, 6) is 1.69. The lowest BCUT2D eigenvalue weighted by atomic mass is 10.3. The van der Waals surface area contributed by atoms with Crippen molar-refractivity contribution in [2.45, 2.75) is 19.6 Å². The van der Waals surface area contributed by atoms with Gasteiger partial charge in [-0.05, 0) is 47.7 Å². The van der Waals surface area contributed by atoms with E-state index in [1.54, 1.807) is 7.11 Å². The van der Waals surface area contributed by atoms with E-state index in [0.717, 1.165) is 16.0 Å². The summed E-state index contributed by atoms with van der Waals surface area (Å²) in [6, 6.07) is 5.75. The molecule has 1 rings (SSSR count). The summed E-state index contributed by atoms with van der Waals surface area (Å²) in [5, 5.41) is 0. The molecule has 0 atom stereocenters. The molecule has 0 radical (unpaired) electrons. The highest BCUT2D eigenvalue weighted by Gasteiger charge is 2.18. The van der Waals surface area contributed by atoms with Gasteiger partial charge in [-0.15, -0.1) is 0 Å². The molecule has 0 aliphatic heterocycles. The van der Waals surface area contributed by atoms with Crippen molar-refractivity contribution < 1.29 is 9.16 Å². The van der Waals surface area contributed by atoms with Crippen molar-refractivity contribution in [3.05, 3.63) is 22.7 Å². The molecule has 0 saturated carbocycles. The number of benzene rings is 1. The van der Waals surface area contributed by atoms with Crippen molar-refractivity contribution in [1.82, 2.24) is 0 Å². The number of rotatable bonds is 3. The van der Waals surface area contributed by atoms with Crippen LogP contribution >= 0.6 is 15.9 Å². The van der Waals surface area contributed by atoms with E-state index in [2.05, 4.69) is 35.6 Å². The summed E-state index contributed by atoms with van der Waals surface area (Å²) in [4.78, 5) is 0. The van der Waals surface area contributed by atoms with Crippen molar-refractivity contribution in [2.75, 3.05) is 7.11 Å². The second-order valence-corrected chi connectivity index (χ2v) is 9.29. The fourth-order valence-electron chi connectivity index (χ4n) is 1.02. The lowest BCUT2D eigenvalue weighted by molar-refractivity contribution is 0.411. The second-order valence-electron chi connectivity index (χ2n) is 4.01. The van der Waals surface area contributed by atoms with Gasteiger partial charge < -0.3 is 9.16 Å². The van der Waals surface area contributed by atoms with Crippen molar-refractivity contribution in [3.8, 4) is 11.5 Å². The van der Waals surface area contributed by atoms with E-state index in [1.165, 1.54) is 0 Å². The summed E-state index contributed by atoms with van der Waals surface area (Å²) in [6.07, 6.45) is 0. The van der Waals surface area contributed by atoms with Gasteiger partial charge in [0, 0.05) is 6.07 Å². The molecular formula is C10H15BrO2Si. The Balaban J connectivity index is 2.95. The predicted octanol–water partition coefficient (Wildman–Crippen LogP) is 3.67. The van der Waals surface area contributed by atoms with Gasteiger partial charge in [-0.3, -0.25) is 0 Å². The Kier molecular flexibility index (Phi) is 3.61. The van der Waals surface area contributed by atoms with Crippen LogP contribution in [0.5, 0.6) is 11.5 Å². The van der Waals surface area contributed by atoms with Crippen LogP contribution < -0.4 is 9.16 Å². The zero-order valence-corrected chi connectivity index (χ0v) is 11.5. The molecule has 2 nitrogen and oxygen atoms in total. The fourth-order valence-corrected chi connectivity index (χ4v) is 2.32. The average Bonchev–Trinajstić information content (AvgIpc) is 2.06. The highest BCUT2D eigenvalue weighted by atomic mass is 79.9. The van der Waals surface area contributed by atoms with Crippen LogP contribution in [-0.4, -0.2) is 15.4 Å². The van der Waals surface area contributed by atoms with Crippen LogP contribution in [0.3, 0.4) is 0 Å². The Morgan fingerprint density at radius 2 is 1.86 bits per heavy atom. The van der Waals surface area contributed by atoms with Gasteiger partial charge in [-0.1, -0.05) is 0 Å². The van der Waals surface area contributed by atoms with E-state index in [0.29, 0.717) is 0 Å². The van der Waals surface area contributed by atoms with Gasteiger partial charge in [0.1, 0.15) is 11.5 Å². The van der Waals surface area contributed by atoms with E-state index in [4.69, 9.17) is 9.16 Å². The Bertz CT molecular complexity index is 320. The largest absolute Gasteiger partial charge is 0.543 e. The summed E-state index contributed by atoms with van der Waals surface area (Å²) in [7, 11) is 0.104. The highest BCUT2D eigenvalue weighted by molar-refractivity contribution is 9.10. The SMILES string of the molecule is COc1ccc(Br)c(O[Si](C)(C)C)c1. The lowest BCUT2D eigenvalue weighted by Crippen LogP contribution is -2.29. The number of ether oxygens (including phenoxy) is 1. The van der Waals surface area contributed by atoms with Crippen molar-refractivity contribution >= 4 is 24.2 Å². The van der Waals surface area contributed by atoms with Crippen LogP contribution in [-0.2, 0) is 0 Å². The molecular weight excluding hydrogens is 260 g/mol. The summed E-state index contributed by atoms with van der Waals surface area (Å²) in [5.41, 5.74) is 0. The molecule has 0 saturated heterocycles. The lowest BCUT2D eigenvalue weighted by Gasteiger charge is -2.20. The van der Waals surface area contributed by atoms with Crippen LogP contribution in [0, 0.1) is 0 Å². The third kappa shape index (κ3) is 3.34. The molecule has 0 fully saturated rings. The highest BCUT2D eigenvalue weighted by Crippen LogP contribution is 2.31. The standard InChI is InChI=1S/C10H15BrO2Si/c1-12-8-5-6-9(11)10(7-8)13-14(2,3)4/h5-7H,1-4H3. The molecule has 0 aliphatic carbocycles. The predicted molar refractivity (Wildman–Crippen MR) is 64.7 cm³/mol. The number of methoxy groups -OCH3 is 1. The van der Waals surface area contributed by atoms with Gasteiger partial charge in [0.2, 0.25) is 8.32 Å². The van der Waals surface area contributed by atoms with Crippen LogP contribution in [0.1, 0.15) is 0 Å². The van der Waals surface area contributed by atoms with E-state index in [-0.39, 0.29) is 0 Å². The quantitative estimate of drug-likeness (QED) is 0.783. The first-order chi connectivity index (χ1) is 6.42. The van der Waals surface area contributed by atoms with Crippen LogP contribution in [0.25, 0.3) is 0 Å². The minimum Gasteiger partial charge on any atom is -0.543 e. The van der Waals surface area contributed by atoms with Gasteiger partial charge in [0.05, 0.1) is 11.6 Å². The Labute approximate surface area is 94.5 Å². The summed E-state index contributed by atoms with van der Waals surface area (Å²) >= 11 is 3.45. The van der Waals surface area contributed by atoms with Crippen LogP contribution in [0.15, 0.2) is 22.7 Å². The maximum Gasteiger partial charge on any atom is 0.242 e. The molecule has 0 aromatic heterocycles. The maximum absolute atomic E-state index is 5.89. The zero-order chi connectivity index (χ0) is 10.8. The normalized spacial score (nSPS) is 11.2. The van der Waals surface area contributed by atoms with E-state index in [1.807, 2.05) is 18.2 Å². The van der Waals surface area contributed by atoms with E-state index < -0.39 is 8.32 Å². The fraction of sp³-hybridized carbons (Fsp3) is 0.400. The molecule has 0 amide bonds. The van der Waals surface area contributed by atoms with Gasteiger partial charge >= 0.3 is 0 Å². The van der Waals surface area contributed by atoms with E-state index in [9.17, 15) is 0 Å².